The fourth-order valence-electron chi connectivity index (χ4n) is 3.22. The lowest BCUT2D eigenvalue weighted by molar-refractivity contribution is -0.383. The van der Waals surface area contributed by atoms with Gasteiger partial charge in [0.15, 0.2) is 0 Å². The van der Waals surface area contributed by atoms with Gasteiger partial charge in [-0.05, 0) is 17.7 Å². The number of esters is 1. The molecule has 1 N–H and O–H groups in total. The van der Waals surface area contributed by atoms with Gasteiger partial charge in [0.25, 0.3) is 5.69 Å². The maximum atomic E-state index is 11.7. The average molecular weight is 395 g/mol. The molecule has 0 amide bonds. The Bertz CT molecular complexity index is 1090. The summed E-state index contributed by atoms with van der Waals surface area (Å²) in [4.78, 5) is 30.5. The van der Waals surface area contributed by atoms with E-state index in [4.69, 9.17) is 4.74 Å². The van der Waals surface area contributed by atoms with E-state index >= 15 is 0 Å². The number of carbonyl (C=O) groups excluding carboxylic acids is 1. The van der Waals surface area contributed by atoms with Gasteiger partial charge in [-0.25, -0.2) is 0 Å². The number of hydrogen-bond donors (Lipinski definition) is 1. The minimum atomic E-state index is -0.386. The highest BCUT2D eigenvalue weighted by atomic mass is 32.2. The van der Waals surface area contributed by atoms with Crippen molar-refractivity contribution < 1.29 is 14.5 Å². The molecule has 1 aromatic heterocycles. The van der Waals surface area contributed by atoms with Crippen LogP contribution in [0.5, 0.6) is 0 Å². The smallest absolute Gasteiger partial charge is 0.307 e. The standard InChI is InChI=1S/C20H17N3O4S/c1-27-18(24)10-15-11-28-20(21-15)14-7-13-8-16(12-5-3-2-4-6-12)22-19(13)17(9-14)23(25)26/h2-9,15,22H,10-11H2,1H3/t15-/m1/s1. The number of fused-ring (bicyclic) bond motifs is 1. The summed E-state index contributed by atoms with van der Waals surface area (Å²) in [6, 6.07) is 14.8. The van der Waals surface area contributed by atoms with Gasteiger partial charge in [-0.2, -0.15) is 0 Å². The fraction of sp³-hybridized carbons (Fsp3) is 0.200. The van der Waals surface area contributed by atoms with Gasteiger partial charge >= 0.3 is 5.97 Å². The summed E-state index contributed by atoms with van der Waals surface area (Å²) < 4.78 is 4.70. The highest BCUT2D eigenvalue weighted by molar-refractivity contribution is 8.14. The van der Waals surface area contributed by atoms with Crippen LogP contribution in [-0.4, -0.2) is 39.8 Å². The lowest BCUT2D eigenvalue weighted by Gasteiger charge is -2.02. The number of nitro groups is 1. The van der Waals surface area contributed by atoms with E-state index in [0.717, 1.165) is 16.6 Å². The normalized spacial score (nSPS) is 16.2. The molecule has 7 nitrogen and oxygen atoms in total. The van der Waals surface area contributed by atoms with Gasteiger partial charge in [0.2, 0.25) is 0 Å². The highest BCUT2D eigenvalue weighted by Gasteiger charge is 2.25. The summed E-state index contributed by atoms with van der Waals surface area (Å²) >= 11 is 1.50. The lowest BCUT2D eigenvalue weighted by Crippen LogP contribution is -2.12. The van der Waals surface area contributed by atoms with Crippen LogP contribution in [0.2, 0.25) is 0 Å². The van der Waals surface area contributed by atoms with Gasteiger partial charge in [-0.15, -0.1) is 11.8 Å². The van der Waals surface area contributed by atoms with Crippen LogP contribution >= 0.6 is 11.8 Å². The molecule has 0 spiro atoms. The molecule has 1 aliphatic heterocycles. The van der Waals surface area contributed by atoms with E-state index < -0.39 is 0 Å². The van der Waals surface area contributed by atoms with Gasteiger partial charge in [0.1, 0.15) is 5.52 Å². The molecule has 0 radical (unpaired) electrons. The number of carbonyl (C=O) groups is 1. The number of hydrogen-bond acceptors (Lipinski definition) is 6. The lowest BCUT2D eigenvalue weighted by atomic mass is 10.1. The number of benzene rings is 2. The number of aromatic nitrogens is 1. The minimum absolute atomic E-state index is 0.00870. The molecule has 3 aromatic rings. The number of nitrogens with zero attached hydrogens (tertiary/aromatic N) is 2. The van der Waals surface area contributed by atoms with Crippen LogP contribution in [0.3, 0.4) is 0 Å². The number of methoxy groups -OCH3 is 1. The number of nitrogens with one attached hydrogen (secondary N) is 1. The number of aliphatic imine (C=N–C) groups is 1. The summed E-state index contributed by atoms with van der Waals surface area (Å²) in [7, 11) is 1.35. The monoisotopic (exact) mass is 395 g/mol. The van der Waals surface area contributed by atoms with Gasteiger partial charge < -0.3 is 9.72 Å². The molecular formula is C20H17N3O4S. The van der Waals surface area contributed by atoms with Crippen LogP contribution in [0.4, 0.5) is 5.69 Å². The molecule has 0 unspecified atom stereocenters. The SMILES string of the molecule is COC(=O)C[C@@H]1CSC(c2cc([N+](=O)[O-])c3[nH]c(-c4ccccc4)cc3c2)=N1. The molecule has 142 valence electrons. The van der Waals surface area contributed by atoms with Crippen LogP contribution < -0.4 is 0 Å². The molecule has 0 saturated carbocycles. The molecule has 8 heteroatoms. The number of nitro benzene ring substituents is 1. The first-order chi connectivity index (χ1) is 13.5. The molecule has 0 fully saturated rings. The van der Waals surface area contributed by atoms with Crippen molar-refractivity contribution in [2.24, 2.45) is 4.99 Å². The van der Waals surface area contributed by atoms with E-state index in [1.165, 1.54) is 18.9 Å². The fourth-order valence-corrected chi connectivity index (χ4v) is 4.27. The summed E-state index contributed by atoms with van der Waals surface area (Å²) in [5.41, 5.74) is 2.97. The molecule has 0 saturated heterocycles. The van der Waals surface area contributed by atoms with Crippen molar-refractivity contribution in [3.05, 3.63) is 64.2 Å². The quantitative estimate of drug-likeness (QED) is 0.397. The zero-order chi connectivity index (χ0) is 19.7. The van der Waals surface area contributed by atoms with Crippen LogP contribution in [0.25, 0.3) is 22.2 Å². The Hall–Kier alpha value is -3.13. The first-order valence-corrected chi connectivity index (χ1v) is 9.68. The third-order valence-corrected chi connectivity index (χ3v) is 5.74. The van der Waals surface area contributed by atoms with E-state index in [-0.39, 0.29) is 29.0 Å². The molecular weight excluding hydrogens is 378 g/mol. The Balaban J connectivity index is 1.75. The summed E-state index contributed by atoms with van der Waals surface area (Å²) in [6.07, 6.45) is 0.208. The van der Waals surface area contributed by atoms with Crippen LogP contribution in [0, 0.1) is 10.1 Å². The van der Waals surface area contributed by atoms with Crippen molar-refractivity contribution >= 4 is 39.4 Å². The third-order valence-electron chi connectivity index (χ3n) is 4.58. The molecule has 1 aliphatic rings. The predicted octanol–water partition coefficient (Wildman–Crippen LogP) is 4.17. The first kappa shape index (κ1) is 18.2. The Morgan fingerprint density at radius 3 is 2.79 bits per heavy atom. The topological polar surface area (TPSA) is 97.6 Å². The average Bonchev–Trinajstić information content (AvgIpc) is 3.34. The number of thioether (sulfide) groups is 1. The summed E-state index contributed by atoms with van der Waals surface area (Å²) in [6.45, 7) is 0. The van der Waals surface area contributed by atoms with Crippen molar-refractivity contribution in [3.8, 4) is 11.3 Å². The maximum absolute atomic E-state index is 11.7. The van der Waals surface area contributed by atoms with E-state index in [1.807, 2.05) is 42.5 Å². The van der Waals surface area contributed by atoms with E-state index in [2.05, 4.69) is 9.98 Å². The Morgan fingerprint density at radius 1 is 1.29 bits per heavy atom. The number of non-ortho nitro benzene ring substituents is 1. The van der Waals surface area contributed by atoms with Crippen molar-refractivity contribution in [2.75, 3.05) is 12.9 Å². The van der Waals surface area contributed by atoms with E-state index in [1.54, 1.807) is 6.07 Å². The summed E-state index contributed by atoms with van der Waals surface area (Å²) in [5.74, 6) is 0.341. The number of H-pyrrole nitrogens is 1. The van der Waals surface area contributed by atoms with E-state index in [0.29, 0.717) is 21.9 Å². The van der Waals surface area contributed by atoms with E-state index in [9.17, 15) is 14.9 Å². The van der Waals surface area contributed by atoms with Crippen LogP contribution in [0.1, 0.15) is 12.0 Å². The zero-order valence-corrected chi connectivity index (χ0v) is 15.9. The second kappa shape index (κ2) is 7.47. The Labute approximate surface area is 165 Å². The minimum Gasteiger partial charge on any atom is -0.469 e. The highest BCUT2D eigenvalue weighted by Crippen LogP contribution is 2.34. The second-order valence-corrected chi connectivity index (χ2v) is 7.45. The molecule has 0 bridgehead atoms. The Morgan fingerprint density at radius 2 is 2.07 bits per heavy atom. The van der Waals surface area contributed by atoms with Gasteiger partial charge in [0, 0.05) is 28.5 Å². The zero-order valence-electron chi connectivity index (χ0n) is 15.0. The van der Waals surface area contributed by atoms with Gasteiger partial charge in [-0.1, -0.05) is 30.3 Å². The number of ether oxygens (including phenoxy) is 1. The van der Waals surface area contributed by atoms with Gasteiger partial charge in [-0.3, -0.25) is 19.9 Å². The van der Waals surface area contributed by atoms with Crippen molar-refractivity contribution in [2.45, 2.75) is 12.5 Å². The Kier molecular flexibility index (Phi) is 4.87. The molecule has 1 atom stereocenters. The number of rotatable bonds is 5. The second-order valence-electron chi connectivity index (χ2n) is 6.45. The van der Waals surface area contributed by atoms with Gasteiger partial charge in [0.05, 0.1) is 29.5 Å². The molecule has 2 heterocycles. The molecule has 28 heavy (non-hydrogen) atoms. The van der Waals surface area contributed by atoms with Crippen LogP contribution in [-0.2, 0) is 9.53 Å². The van der Waals surface area contributed by atoms with Crippen LogP contribution in [0.15, 0.2) is 53.5 Å². The van der Waals surface area contributed by atoms with Crippen molar-refractivity contribution in [1.82, 2.24) is 4.98 Å². The van der Waals surface area contributed by atoms with Crippen molar-refractivity contribution in [3.63, 3.8) is 0 Å². The molecule has 2 aromatic carbocycles. The molecule has 4 rings (SSSR count). The molecule has 0 aliphatic carbocycles. The first-order valence-electron chi connectivity index (χ1n) is 8.69. The van der Waals surface area contributed by atoms with Crippen molar-refractivity contribution in [1.29, 1.82) is 0 Å². The largest absolute Gasteiger partial charge is 0.469 e. The maximum Gasteiger partial charge on any atom is 0.307 e. The summed E-state index contributed by atoms with van der Waals surface area (Å²) in [5, 5.41) is 13.1. The predicted molar refractivity (Wildman–Crippen MR) is 110 cm³/mol. The number of aromatic amines is 1. The third kappa shape index (κ3) is 3.50.